The molecule has 2 saturated heterocycles. The second-order valence-electron chi connectivity index (χ2n) is 10.3. The number of benzene rings is 2. The maximum absolute atomic E-state index is 14.4. The Bertz CT molecular complexity index is 1680. The summed E-state index contributed by atoms with van der Waals surface area (Å²) >= 11 is 7.34. The minimum absolute atomic E-state index is 0.123. The van der Waals surface area contributed by atoms with Crippen molar-refractivity contribution in [3.63, 3.8) is 0 Å². The molecule has 2 aliphatic heterocycles. The van der Waals surface area contributed by atoms with Gasteiger partial charge < -0.3 is 24.6 Å². The van der Waals surface area contributed by atoms with Crippen LogP contribution >= 0.6 is 22.9 Å². The number of morpholine rings is 1. The molecular weight excluding hydrogens is 588 g/mol. The summed E-state index contributed by atoms with van der Waals surface area (Å²) in [5.41, 5.74) is 1.27. The van der Waals surface area contributed by atoms with Crippen LogP contribution in [0.1, 0.15) is 36.5 Å². The number of esters is 1. The number of nitrogens with zero attached hydrogens (tertiary/aromatic N) is 5. The average molecular weight is 621 g/mol. The molecule has 0 unspecified atom stereocenters. The number of anilines is 2. The van der Waals surface area contributed by atoms with E-state index < -0.39 is 5.97 Å². The van der Waals surface area contributed by atoms with Gasteiger partial charge in [-0.3, -0.25) is 4.79 Å². The third-order valence-corrected chi connectivity index (χ3v) is 8.67. The highest BCUT2D eigenvalue weighted by molar-refractivity contribution is 7.22. The van der Waals surface area contributed by atoms with E-state index in [1.807, 2.05) is 42.5 Å². The van der Waals surface area contributed by atoms with E-state index in [4.69, 9.17) is 31.1 Å². The minimum Gasteiger partial charge on any atom is -0.462 e. The number of guanidine groups is 1. The molecule has 43 heavy (non-hydrogen) atoms. The molecule has 0 spiro atoms. The first-order valence-electron chi connectivity index (χ1n) is 14.5. The standard InChI is InChI=1S/C31H33ClN6O4S/c1-2-42-29(40)25-24-26(35-31(37-15-7-4-8-16-37)38(28(24)39)23-9-5-3-6-10-23)43-27(25)34-30(36-17-19-41-20-18-36)33-22-13-11-21(32)12-14-22/h3,5-6,9-14H,2,4,7-8,15-20H2,1H3,(H,33,34). The van der Waals surface area contributed by atoms with E-state index >= 15 is 0 Å². The Morgan fingerprint density at radius 1 is 1.05 bits per heavy atom. The monoisotopic (exact) mass is 620 g/mol. The molecule has 0 saturated carbocycles. The zero-order chi connectivity index (χ0) is 29.8. The molecule has 2 aliphatic rings. The first-order chi connectivity index (χ1) is 21.0. The molecular formula is C31H33ClN6O4S. The lowest BCUT2D eigenvalue weighted by molar-refractivity contribution is 0.0530. The van der Waals surface area contributed by atoms with E-state index in [1.54, 1.807) is 23.6 Å². The van der Waals surface area contributed by atoms with E-state index in [0.717, 1.165) is 38.0 Å². The Labute approximate surface area is 258 Å². The summed E-state index contributed by atoms with van der Waals surface area (Å²) in [6.07, 6.45) is 3.19. The molecule has 0 atom stereocenters. The summed E-state index contributed by atoms with van der Waals surface area (Å²) in [7, 11) is 0. The fourth-order valence-electron chi connectivity index (χ4n) is 5.33. The van der Waals surface area contributed by atoms with Gasteiger partial charge in [-0.1, -0.05) is 41.1 Å². The van der Waals surface area contributed by atoms with E-state index in [0.29, 0.717) is 58.8 Å². The molecule has 12 heteroatoms. The third kappa shape index (κ3) is 6.24. The molecule has 0 radical (unpaired) electrons. The molecule has 6 rings (SSSR count). The molecule has 2 fully saturated rings. The maximum atomic E-state index is 14.4. The summed E-state index contributed by atoms with van der Waals surface area (Å²) in [4.78, 5) is 42.7. The number of piperidine rings is 1. The number of para-hydroxylation sites is 1. The van der Waals surface area contributed by atoms with E-state index in [2.05, 4.69) is 15.1 Å². The van der Waals surface area contributed by atoms with Gasteiger partial charge in [0.2, 0.25) is 11.9 Å². The molecule has 2 aromatic heterocycles. The second-order valence-corrected chi connectivity index (χ2v) is 11.7. The van der Waals surface area contributed by atoms with Crippen molar-refractivity contribution in [2.75, 3.05) is 56.2 Å². The normalized spacial score (nSPS) is 16.0. The van der Waals surface area contributed by atoms with Crippen LogP contribution in [0.15, 0.2) is 64.4 Å². The number of hydrogen-bond acceptors (Lipinski definition) is 8. The van der Waals surface area contributed by atoms with Gasteiger partial charge in [0, 0.05) is 36.9 Å². The van der Waals surface area contributed by atoms with Gasteiger partial charge >= 0.3 is 5.97 Å². The smallest absolute Gasteiger partial charge is 0.342 e. The zero-order valence-electron chi connectivity index (χ0n) is 23.9. The van der Waals surface area contributed by atoms with Crippen molar-refractivity contribution in [3.05, 3.63) is 75.5 Å². The summed E-state index contributed by atoms with van der Waals surface area (Å²) in [6, 6.07) is 16.8. The van der Waals surface area contributed by atoms with Crippen LogP contribution in [0.3, 0.4) is 0 Å². The third-order valence-electron chi connectivity index (χ3n) is 7.44. The molecule has 0 aliphatic carbocycles. The fourth-order valence-corrected chi connectivity index (χ4v) is 6.47. The SMILES string of the molecule is CCOC(=O)c1c(/N=C(\Nc2ccc(Cl)cc2)N2CCOCC2)sc2nc(N3CCCCC3)n(-c3ccccc3)c(=O)c12. The van der Waals surface area contributed by atoms with Crippen molar-refractivity contribution in [3.8, 4) is 5.69 Å². The van der Waals surface area contributed by atoms with E-state index in [-0.39, 0.29) is 23.1 Å². The van der Waals surface area contributed by atoms with Crippen LogP contribution in [0.5, 0.6) is 0 Å². The number of hydrogen-bond donors (Lipinski definition) is 1. The van der Waals surface area contributed by atoms with Crippen molar-refractivity contribution in [1.29, 1.82) is 0 Å². The number of nitrogens with one attached hydrogen (secondary N) is 1. The van der Waals surface area contributed by atoms with Crippen LogP contribution in [-0.4, -0.2) is 72.4 Å². The molecule has 2 aromatic carbocycles. The van der Waals surface area contributed by atoms with Gasteiger partial charge in [-0.15, -0.1) is 0 Å². The largest absolute Gasteiger partial charge is 0.462 e. The summed E-state index contributed by atoms with van der Waals surface area (Å²) in [5, 5.41) is 4.57. The summed E-state index contributed by atoms with van der Waals surface area (Å²) in [5.74, 6) is 0.496. The van der Waals surface area contributed by atoms with Crippen molar-refractivity contribution in [2.45, 2.75) is 26.2 Å². The Balaban J connectivity index is 1.57. The number of halogens is 1. The van der Waals surface area contributed by atoms with Crippen LogP contribution in [0.25, 0.3) is 15.9 Å². The van der Waals surface area contributed by atoms with Gasteiger partial charge in [-0.2, -0.15) is 0 Å². The van der Waals surface area contributed by atoms with E-state index in [1.165, 1.54) is 11.3 Å². The van der Waals surface area contributed by atoms with Crippen molar-refractivity contribution in [1.82, 2.24) is 14.5 Å². The fraction of sp³-hybridized carbons (Fsp3) is 0.355. The molecule has 4 heterocycles. The first kappa shape index (κ1) is 29.2. The molecule has 0 amide bonds. The summed E-state index contributed by atoms with van der Waals surface area (Å²) < 4.78 is 12.7. The molecule has 224 valence electrons. The quantitative estimate of drug-likeness (QED) is 0.166. The Hall–Kier alpha value is -3.93. The Morgan fingerprint density at radius 2 is 1.77 bits per heavy atom. The van der Waals surface area contributed by atoms with Crippen LogP contribution < -0.4 is 15.8 Å². The van der Waals surface area contributed by atoms with Gasteiger partial charge in [0.25, 0.3) is 5.56 Å². The van der Waals surface area contributed by atoms with Gasteiger partial charge in [0.15, 0.2) is 0 Å². The number of aliphatic imine (C=N–C) groups is 1. The predicted octanol–water partition coefficient (Wildman–Crippen LogP) is 5.70. The van der Waals surface area contributed by atoms with Crippen LogP contribution in [0.4, 0.5) is 16.6 Å². The Morgan fingerprint density at radius 3 is 2.47 bits per heavy atom. The first-order valence-corrected chi connectivity index (χ1v) is 15.7. The van der Waals surface area contributed by atoms with Crippen LogP contribution in [-0.2, 0) is 9.47 Å². The number of fused-ring (bicyclic) bond motifs is 1. The number of carbonyl (C=O) groups excluding carboxylic acids is 1. The van der Waals surface area contributed by atoms with Gasteiger partial charge in [0.1, 0.15) is 15.4 Å². The number of carbonyl (C=O) groups is 1. The molecule has 4 aromatic rings. The second kappa shape index (κ2) is 13.2. The lowest BCUT2D eigenvalue weighted by Crippen LogP contribution is -2.44. The van der Waals surface area contributed by atoms with Gasteiger partial charge in [0.05, 0.1) is 30.9 Å². The number of aromatic nitrogens is 2. The van der Waals surface area contributed by atoms with Gasteiger partial charge in [-0.05, 0) is 62.6 Å². The van der Waals surface area contributed by atoms with Gasteiger partial charge in [-0.25, -0.2) is 19.3 Å². The molecule has 10 nitrogen and oxygen atoms in total. The van der Waals surface area contributed by atoms with Crippen molar-refractivity contribution >= 4 is 61.7 Å². The lowest BCUT2D eigenvalue weighted by Gasteiger charge is -2.30. The maximum Gasteiger partial charge on any atom is 0.342 e. The topological polar surface area (TPSA) is 101 Å². The summed E-state index contributed by atoms with van der Waals surface area (Å²) in [6.45, 7) is 5.81. The predicted molar refractivity (Wildman–Crippen MR) is 172 cm³/mol. The zero-order valence-corrected chi connectivity index (χ0v) is 25.5. The lowest BCUT2D eigenvalue weighted by atomic mass is 10.1. The highest BCUT2D eigenvalue weighted by Gasteiger charge is 2.29. The van der Waals surface area contributed by atoms with Crippen molar-refractivity contribution < 1.29 is 14.3 Å². The highest BCUT2D eigenvalue weighted by Crippen LogP contribution is 2.38. The molecule has 0 bridgehead atoms. The highest BCUT2D eigenvalue weighted by atomic mass is 35.5. The Kier molecular flexibility index (Phi) is 8.92. The van der Waals surface area contributed by atoms with Crippen LogP contribution in [0.2, 0.25) is 5.02 Å². The average Bonchev–Trinajstić information content (AvgIpc) is 3.41. The molecule has 1 N–H and O–H groups in total. The van der Waals surface area contributed by atoms with E-state index in [9.17, 15) is 9.59 Å². The number of ether oxygens (including phenoxy) is 2. The van der Waals surface area contributed by atoms with Crippen LogP contribution in [0, 0.1) is 0 Å². The number of rotatable bonds is 6. The number of thiophene rings is 1. The van der Waals surface area contributed by atoms with Crippen molar-refractivity contribution in [2.24, 2.45) is 4.99 Å². The minimum atomic E-state index is -0.607.